The van der Waals surface area contributed by atoms with Gasteiger partial charge in [0, 0.05) is 39.2 Å². The van der Waals surface area contributed by atoms with Crippen molar-refractivity contribution in [1.82, 2.24) is 31.1 Å². The topological polar surface area (TPSA) is 166 Å². The number of hydrogen-bond acceptors (Lipinski definition) is 7. The van der Waals surface area contributed by atoms with Gasteiger partial charge in [0.15, 0.2) is 0 Å². The van der Waals surface area contributed by atoms with Crippen molar-refractivity contribution in [3.63, 3.8) is 0 Å². The van der Waals surface area contributed by atoms with Crippen LogP contribution in [0.1, 0.15) is 114 Å². The van der Waals surface area contributed by atoms with E-state index in [0.717, 1.165) is 32.1 Å². The smallest absolute Gasteiger partial charge is 0.315 e. The lowest BCUT2D eigenvalue weighted by molar-refractivity contribution is -0.146. The number of hydrogen-bond donors (Lipinski definition) is 4. The fraction of sp³-hybridized carbons (Fsp3) is 0.842. The molecular weight excluding hydrogens is 652 g/mol. The Hall–Kier alpha value is -3.22. The zero-order chi connectivity index (χ0) is 37.9. The summed E-state index contributed by atoms with van der Waals surface area (Å²) in [5.74, 6) is -2.31. The molecule has 0 radical (unpaired) electrons. The van der Waals surface area contributed by atoms with Crippen LogP contribution >= 0.6 is 0 Å². The highest BCUT2D eigenvalue weighted by atomic mass is 16.5. The molecule has 0 bridgehead atoms. The Kier molecular flexibility index (Phi) is 12.9. The molecule has 1 unspecified atom stereocenters. The van der Waals surface area contributed by atoms with E-state index in [1.165, 1.54) is 4.90 Å². The zero-order valence-electron chi connectivity index (χ0n) is 32.5. The van der Waals surface area contributed by atoms with Crippen molar-refractivity contribution in [3.05, 3.63) is 0 Å². The second-order valence-corrected chi connectivity index (χ2v) is 17.8. The van der Waals surface area contributed by atoms with E-state index in [9.17, 15) is 28.8 Å². The van der Waals surface area contributed by atoms with Crippen LogP contribution in [0.5, 0.6) is 0 Å². The number of Topliss-reactive ketones (excluding diaryl/α,β-unsaturated/α-hetero) is 1. The van der Waals surface area contributed by atoms with Gasteiger partial charge in [0.25, 0.3) is 5.91 Å². The zero-order valence-corrected chi connectivity index (χ0v) is 32.5. The van der Waals surface area contributed by atoms with Gasteiger partial charge in [0.2, 0.25) is 23.5 Å². The summed E-state index contributed by atoms with van der Waals surface area (Å²) in [6.45, 7) is 19.8. The first-order valence-electron chi connectivity index (χ1n) is 19.2. The van der Waals surface area contributed by atoms with Gasteiger partial charge in [0.05, 0.1) is 18.2 Å². The molecule has 0 aromatic heterocycles. The molecule has 3 heterocycles. The van der Waals surface area contributed by atoms with Gasteiger partial charge in [-0.05, 0) is 61.2 Å². The highest BCUT2D eigenvalue weighted by Crippen LogP contribution is 2.65. The van der Waals surface area contributed by atoms with Gasteiger partial charge in [-0.2, -0.15) is 0 Å². The van der Waals surface area contributed by atoms with Crippen molar-refractivity contribution < 1.29 is 33.5 Å². The van der Waals surface area contributed by atoms with Crippen LogP contribution in [0, 0.1) is 28.1 Å². The number of piperidine rings is 2. The van der Waals surface area contributed by atoms with Gasteiger partial charge in [-0.25, -0.2) is 4.79 Å². The standard InChI is InChI=1S/C38H64N6O7/c1-10-39-33(48)31(46)25-16-14-12-11-13-15-19-51-23(2)29(34(49)44-21-24-28(38(24,8)9)30(44)32(47)40-25)42-35(50)41-26(36(3,4)5)22-43-18-17-37(6,7)20-27(43)45/h23-26,28-30H,10-22H2,1-9H3,(H,39,48)(H,40,47)(H2,41,42,50)/t23-,24?,25-,26+,28-,29-,30-/m0/s1. The van der Waals surface area contributed by atoms with Crippen LogP contribution in [0.4, 0.5) is 4.79 Å². The van der Waals surface area contributed by atoms with Gasteiger partial charge in [-0.15, -0.1) is 0 Å². The number of carbonyl (C=O) groups is 6. The van der Waals surface area contributed by atoms with E-state index in [4.69, 9.17) is 4.74 Å². The molecule has 288 valence electrons. The first-order chi connectivity index (χ1) is 23.8. The van der Waals surface area contributed by atoms with Crippen LogP contribution in [-0.4, -0.2) is 108 Å². The summed E-state index contributed by atoms with van der Waals surface area (Å²) in [4.78, 5) is 84.6. The van der Waals surface area contributed by atoms with Crippen molar-refractivity contribution >= 4 is 35.4 Å². The molecule has 6 amide bonds. The lowest BCUT2D eigenvalue weighted by Crippen LogP contribution is -2.63. The quantitative estimate of drug-likeness (QED) is 0.294. The molecule has 4 aliphatic rings. The first kappa shape index (κ1) is 40.5. The van der Waals surface area contributed by atoms with Crippen molar-refractivity contribution in [1.29, 1.82) is 0 Å². The van der Waals surface area contributed by atoms with Gasteiger partial charge in [-0.3, -0.25) is 24.0 Å². The van der Waals surface area contributed by atoms with Crippen LogP contribution in [-0.2, 0) is 28.7 Å². The molecule has 1 aliphatic carbocycles. The van der Waals surface area contributed by atoms with E-state index in [-0.39, 0.29) is 28.6 Å². The number of ketones is 1. The van der Waals surface area contributed by atoms with Gasteiger partial charge < -0.3 is 35.8 Å². The summed E-state index contributed by atoms with van der Waals surface area (Å²) < 4.78 is 6.17. The number of amides is 6. The third kappa shape index (κ3) is 9.81. The van der Waals surface area contributed by atoms with E-state index in [1.807, 2.05) is 25.7 Å². The summed E-state index contributed by atoms with van der Waals surface area (Å²) in [6, 6.07) is -3.92. The van der Waals surface area contributed by atoms with Crippen molar-refractivity contribution in [2.45, 2.75) is 144 Å². The minimum absolute atomic E-state index is 0.0590. The van der Waals surface area contributed by atoms with Crippen LogP contribution in [0.3, 0.4) is 0 Å². The third-order valence-electron chi connectivity index (χ3n) is 11.8. The molecule has 4 fully saturated rings. The van der Waals surface area contributed by atoms with Gasteiger partial charge in [-0.1, -0.05) is 74.1 Å². The Morgan fingerprint density at radius 3 is 2.33 bits per heavy atom. The van der Waals surface area contributed by atoms with E-state index in [2.05, 4.69) is 49.0 Å². The largest absolute Gasteiger partial charge is 0.376 e. The summed E-state index contributed by atoms with van der Waals surface area (Å²) in [5, 5.41) is 11.4. The van der Waals surface area contributed by atoms with Crippen LogP contribution in [0.25, 0.3) is 0 Å². The van der Waals surface area contributed by atoms with E-state index in [1.54, 1.807) is 13.8 Å². The van der Waals surface area contributed by atoms with E-state index < -0.39 is 65.2 Å². The number of rotatable bonds is 7. The molecule has 0 spiro atoms. The lowest BCUT2D eigenvalue weighted by atomic mass is 9.81. The Bertz CT molecular complexity index is 1330. The predicted octanol–water partition coefficient (Wildman–Crippen LogP) is 3.15. The van der Waals surface area contributed by atoms with Crippen LogP contribution < -0.4 is 21.3 Å². The highest BCUT2D eigenvalue weighted by molar-refractivity contribution is 6.38. The molecule has 4 rings (SSSR count). The predicted molar refractivity (Wildman–Crippen MR) is 193 cm³/mol. The number of nitrogens with zero attached hydrogens (tertiary/aromatic N) is 2. The van der Waals surface area contributed by atoms with E-state index in [0.29, 0.717) is 52.0 Å². The maximum atomic E-state index is 14.5. The SMILES string of the molecule is CCNC(=O)C(=O)[C@@H]1CCCCCCCO[C@@H](C)[C@H](NC(=O)N[C@H](CN2CCC(C)(C)CC2=O)C(C)(C)C)C(=O)N2CC3[C@@H]([C@H]2C(=O)N1)C3(C)C. The monoisotopic (exact) mass is 716 g/mol. The maximum Gasteiger partial charge on any atom is 0.315 e. The number of likely N-dealkylation sites (tertiary alicyclic amines) is 1. The van der Waals surface area contributed by atoms with Crippen molar-refractivity contribution in [2.24, 2.45) is 28.1 Å². The molecule has 13 heteroatoms. The van der Waals surface area contributed by atoms with E-state index >= 15 is 0 Å². The lowest BCUT2D eigenvalue weighted by Gasteiger charge is -2.41. The normalized spacial score (nSPS) is 30.7. The van der Waals surface area contributed by atoms with Crippen LogP contribution in [0.2, 0.25) is 0 Å². The Labute approximate surface area is 304 Å². The summed E-state index contributed by atoms with van der Waals surface area (Å²) in [6.07, 6.45) is 4.96. The first-order valence-corrected chi connectivity index (χ1v) is 19.2. The minimum atomic E-state index is -1.10. The molecule has 0 aromatic rings. The van der Waals surface area contributed by atoms with Crippen LogP contribution in [0.15, 0.2) is 0 Å². The molecule has 13 nitrogen and oxygen atoms in total. The Morgan fingerprint density at radius 1 is 1.02 bits per heavy atom. The minimum Gasteiger partial charge on any atom is -0.376 e. The second kappa shape index (κ2) is 16.2. The average Bonchev–Trinajstić information content (AvgIpc) is 3.34. The number of ether oxygens (including phenoxy) is 1. The molecule has 1 saturated carbocycles. The van der Waals surface area contributed by atoms with Crippen molar-refractivity contribution in [3.8, 4) is 0 Å². The Morgan fingerprint density at radius 2 is 1.69 bits per heavy atom. The molecule has 7 atom stereocenters. The highest BCUT2D eigenvalue weighted by Gasteiger charge is 2.69. The third-order valence-corrected chi connectivity index (χ3v) is 11.8. The number of nitrogens with one attached hydrogen (secondary N) is 4. The number of fused-ring (bicyclic) bond motifs is 3. The summed E-state index contributed by atoms with van der Waals surface area (Å²) in [5.41, 5.74) is -0.650. The number of likely N-dealkylation sites (N-methyl/N-ethyl adjacent to an activating group) is 1. The molecule has 4 N–H and O–H groups in total. The Balaban J connectivity index is 1.57. The molecule has 3 saturated heterocycles. The van der Waals surface area contributed by atoms with Gasteiger partial charge in [0.1, 0.15) is 12.1 Å². The molecular formula is C38H64N6O7. The van der Waals surface area contributed by atoms with Crippen molar-refractivity contribution in [2.75, 3.05) is 32.8 Å². The number of urea groups is 1. The average molecular weight is 717 g/mol. The molecule has 3 aliphatic heterocycles. The molecule has 51 heavy (non-hydrogen) atoms. The number of carbonyl (C=O) groups excluding carboxylic acids is 6. The fourth-order valence-corrected chi connectivity index (χ4v) is 8.11. The van der Waals surface area contributed by atoms with Gasteiger partial charge >= 0.3 is 6.03 Å². The maximum absolute atomic E-state index is 14.5. The summed E-state index contributed by atoms with van der Waals surface area (Å²) in [7, 11) is 0. The fourth-order valence-electron chi connectivity index (χ4n) is 8.11. The second-order valence-electron chi connectivity index (χ2n) is 17.8. The molecule has 0 aromatic carbocycles. The summed E-state index contributed by atoms with van der Waals surface area (Å²) >= 11 is 0.